The molecule has 1 aromatic heterocycles. The molecule has 6 heteroatoms. The number of carbonyl (C=O) groups excluding carboxylic acids is 1. The van der Waals surface area contributed by atoms with Gasteiger partial charge in [0.1, 0.15) is 23.7 Å². The molecular weight excluding hydrogens is 271 g/mol. The van der Waals surface area contributed by atoms with Crippen LogP contribution < -0.4 is 4.74 Å². The summed E-state index contributed by atoms with van der Waals surface area (Å²) in [5.74, 6) is 0.0249. The Hall–Kier alpha value is -2.37. The third-order valence-electron chi connectivity index (χ3n) is 2.53. The molecule has 0 amide bonds. The lowest BCUT2D eigenvalue weighted by Gasteiger charge is -2.10. The van der Waals surface area contributed by atoms with Crippen molar-refractivity contribution in [1.29, 1.82) is 0 Å². The fourth-order valence-corrected chi connectivity index (χ4v) is 1.56. The molecule has 0 aliphatic carbocycles. The normalized spacial score (nSPS) is 11.2. The summed E-state index contributed by atoms with van der Waals surface area (Å²) in [5, 5.41) is 0. The van der Waals surface area contributed by atoms with E-state index in [2.05, 4.69) is 4.98 Å². The highest BCUT2D eigenvalue weighted by Gasteiger charge is 2.33. The molecule has 0 N–H and O–H groups in total. The summed E-state index contributed by atoms with van der Waals surface area (Å²) in [5.41, 5.74) is -0.647. The minimum absolute atomic E-state index is 0.0249. The maximum atomic E-state index is 12.5. The number of carbonyl (C=O) groups is 1. The largest absolute Gasteiger partial charge is 0.487 e. The monoisotopic (exact) mass is 281 g/mol. The summed E-state index contributed by atoms with van der Waals surface area (Å²) in [7, 11) is 0. The third-order valence-corrected chi connectivity index (χ3v) is 2.53. The van der Waals surface area contributed by atoms with Crippen molar-refractivity contribution in [3.63, 3.8) is 0 Å². The van der Waals surface area contributed by atoms with E-state index in [1.807, 2.05) is 18.2 Å². The van der Waals surface area contributed by atoms with Crippen LogP contribution >= 0.6 is 0 Å². The van der Waals surface area contributed by atoms with Crippen LogP contribution in [0, 0.1) is 0 Å². The Bertz CT molecular complexity index is 597. The second-order valence-electron chi connectivity index (χ2n) is 3.97. The number of aromatic nitrogens is 1. The highest BCUT2D eigenvalue weighted by atomic mass is 19.4. The highest BCUT2D eigenvalue weighted by molar-refractivity contribution is 5.76. The van der Waals surface area contributed by atoms with Gasteiger partial charge in [-0.15, -0.1) is 0 Å². The van der Waals surface area contributed by atoms with Crippen molar-refractivity contribution in [2.75, 3.05) is 0 Å². The lowest BCUT2D eigenvalue weighted by Crippen LogP contribution is -2.10. The molecule has 0 saturated heterocycles. The number of hydrogen-bond donors (Lipinski definition) is 0. The molecule has 2 aromatic rings. The van der Waals surface area contributed by atoms with Gasteiger partial charge in [0.25, 0.3) is 0 Å². The zero-order valence-electron chi connectivity index (χ0n) is 10.2. The molecule has 0 unspecified atom stereocenters. The summed E-state index contributed by atoms with van der Waals surface area (Å²) < 4.78 is 42.7. The molecule has 0 radical (unpaired) electrons. The Morgan fingerprint density at radius 1 is 1.10 bits per heavy atom. The number of ether oxygens (including phenoxy) is 1. The number of alkyl halides is 3. The van der Waals surface area contributed by atoms with Crippen molar-refractivity contribution in [1.82, 2.24) is 4.98 Å². The Labute approximate surface area is 113 Å². The zero-order chi connectivity index (χ0) is 14.6. The minimum atomic E-state index is -4.59. The van der Waals surface area contributed by atoms with Gasteiger partial charge in [-0.2, -0.15) is 13.2 Å². The van der Waals surface area contributed by atoms with E-state index in [0.717, 1.165) is 17.7 Å². The van der Waals surface area contributed by atoms with Crippen molar-refractivity contribution in [2.24, 2.45) is 0 Å². The van der Waals surface area contributed by atoms with Crippen LogP contribution in [0.25, 0.3) is 0 Å². The standard InChI is InChI=1S/C14H10F3NO2/c15-14(16,17)13-7-6-12(11(8-19)18-13)20-9-10-4-2-1-3-5-10/h1-8H,9H2. The smallest absolute Gasteiger partial charge is 0.433 e. The summed E-state index contributed by atoms with van der Waals surface area (Å²) in [6, 6.07) is 10.9. The van der Waals surface area contributed by atoms with Gasteiger partial charge in [0.05, 0.1) is 0 Å². The number of nitrogens with zero attached hydrogens (tertiary/aromatic N) is 1. The number of hydrogen-bond acceptors (Lipinski definition) is 3. The summed E-state index contributed by atoms with van der Waals surface area (Å²) in [6.45, 7) is 0.148. The Morgan fingerprint density at radius 3 is 2.40 bits per heavy atom. The predicted octanol–water partition coefficient (Wildman–Crippen LogP) is 3.49. The lowest BCUT2D eigenvalue weighted by molar-refractivity contribution is -0.141. The van der Waals surface area contributed by atoms with Crippen molar-refractivity contribution in [3.8, 4) is 5.75 Å². The Kier molecular flexibility index (Phi) is 4.02. The van der Waals surface area contributed by atoms with Gasteiger partial charge in [0, 0.05) is 0 Å². The first kappa shape index (κ1) is 14.0. The number of rotatable bonds is 4. The first-order chi connectivity index (χ1) is 9.50. The van der Waals surface area contributed by atoms with Crippen LogP contribution in [-0.2, 0) is 12.8 Å². The van der Waals surface area contributed by atoms with E-state index >= 15 is 0 Å². The van der Waals surface area contributed by atoms with Crippen LogP contribution in [0.4, 0.5) is 13.2 Å². The average molecular weight is 281 g/mol. The number of benzene rings is 1. The van der Waals surface area contributed by atoms with Crippen LogP contribution in [0.15, 0.2) is 42.5 Å². The van der Waals surface area contributed by atoms with E-state index in [9.17, 15) is 18.0 Å². The highest BCUT2D eigenvalue weighted by Crippen LogP contribution is 2.29. The van der Waals surface area contributed by atoms with E-state index in [0.29, 0.717) is 0 Å². The van der Waals surface area contributed by atoms with Crippen molar-refractivity contribution >= 4 is 6.29 Å². The quantitative estimate of drug-likeness (QED) is 0.805. The fraction of sp³-hybridized carbons (Fsp3) is 0.143. The van der Waals surface area contributed by atoms with Gasteiger partial charge in [0.15, 0.2) is 6.29 Å². The maximum absolute atomic E-state index is 12.5. The third kappa shape index (κ3) is 3.34. The topological polar surface area (TPSA) is 39.2 Å². The second kappa shape index (κ2) is 5.73. The number of aldehydes is 1. The van der Waals surface area contributed by atoms with Gasteiger partial charge < -0.3 is 4.74 Å². The second-order valence-corrected chi connectivity index (χ2v) is 3.97. The van der Waals surface area contributed by atoms with E-state index in [4.69, 9.17) is 4.74 Å². The van der Waals surface area contributed by atoms with Crippen molar-refractivity contribution < 1.29 is 22.7 Å². The molecule has 0 saturated carbocycles. The number of halogens is 3. The molecule has 104 valence electrons. The van der Waals surface area contributed by atoms with Crippen LogP contribution in [0.1, 0.15) is 21.7 Å². The fourth-order valence-electron chi connectivity index (χ4n) is 1.56. The SMILES string of the molecule is O=Cc1nc(C(F)(F)F)ccc1OCc1ccccc1. The van der Waals surface area contributed by atoms with Gasteiger partial charge in [-0.05, 0) is 17.7 Å². The minimum Gasteiger partial charge on any atom is -0.487 e. The van der Waals surface area contributed by atoms with E-state index < -0.39 is 11.9 Å². The molecule has 0 aliphatic heterocycles. The van der Waals surface area contributed by atoms with Gasteiger partial charge in [-0.1, -0.05) is 30.3 Å². The first-order valence-corrected chi connectivity index (χ1v) is 5.71. The zero-order valence-corrected chi connectivity index (χ0v) is 10.2. The summed E-state index contributed by atoms with van der Waals surface area (Å²) in [4.78, 5) is 14.1. The summed E-state index contributed by atoms with van der Waals surface area (Å²) >= 11 is 0. The van der Waals surface area contributed by atoms with E-state index in [1.54, 1.807) is 12.1 Å². The number of pyridine rings is 1. The first-order valence-electron chi connectivity index (χ1n) is 5.71. The molecule has 1 aromatic carbocycles. The molecule has 0 fully saturated rings. The molecule has 0 bridgehead atoms. The Balaban J connectivity index is 2.18. The van der Waals surface area contributed by atoms with Crippen molar-refractivity contribution in [2.45, 2.75) is 12.8 Å². The Morgan fingerprint density at radius 2 is 1.80 bits per heavy atom. The lowest BCUT2D eigenvalue weighted by atomic mass is 10.2. The van der Waals surface area contributed by atoms with E-state index in [-0.39, 0.29) is 24.3 Å². The summed E-state index contributed by atoms with van der Waals surface area (Å²) in [6.07, 6.45) is -4.34. The molecule has 20 heavy (non-hydrogen) atoms. The van der Waals surface area contributed by atoms with E-state index in [1.165, 1.54) is 0 Å². The van der Waals surface area contributed by atoms with Crippen LogP contribution in [-0.4, -0.2) is 11.3 Å². The molecule has 0 atom stereocenters. The molecule has 2 rings (SSSR count). The van der Waals surface area contributed by atoms with Gasteiger partial charge in [-0.3, -0.25) is 4.79 Å². The van der Waals surface area contributed by atoms with Crippen LogP contribution in [0.3, 0.4) is 0 Å². The van der Waals surface area contributed by atoms with Gasteiger partial charge >= 0.3 is 6.18 Å². The molecule has 0 spiro atoms. The average Bonchev–Trinajstić information content (AvgIpc) is 2.45. The molecule has 0 aliphatic rings. The van der Waals surface area contributed by atoms with Gasteiger partial charge in [0.2, 0.25) is 0 Å². The maximum Gasteiger partial charge on any atom is 0.433 e. The molecule has 3 nitrogen and oxygen atoms in total. The van der Waals surface area contributed by atoms with Crippen LogP contribution in [0.2, 0.25) is 0 Å². The van der Waals surface area contributed by atoms with Crippen LogP contribution in [0.5, 0.6) is 5.75 Å². The predicted molar refractivity (Wildman–Crippen MR) is 65.4 cm³/mol. The van der Waals surface area contributed by atoms with Gasteiger partial charge in [-0.25, -0.2) is 4.98 Å². The molecule has 1 heterocycles. The molecular formula is C14H10F3NO2. The van der Waals surface area contributed by atoms with Crippen molar-refractivity contribution in [3.05, 3.63) is 59.4 Å².